The van der Waals surface area contributed by atoms with E-state index >= 15 is 0 Å². The van der Waals surface area contributed by atoms with E-state index in [4.69, 9.17) is 20.4 Å². The topological polar surface area (TPSA) is 132 Å². The molecule has 2 aromatic carbocycles. The zero-order valence-electron chi connectivity index (χ0n) is 13.9. The van der Waals surface area contributed by atoms with Gasteiger partial charge < -0.3 is 20.4 Å². The van der Waals surface area contributed by atoms with Crippen LogP contribution in [0.15, 0.2) is 54.1 Å². The Morgan fingerprint density at radius 1 is 0.923 bits per heavy atom. The van der Waals surface area contributed by atoms with Crippen molar-refractivity contribution in [3.05, 3.63) is 70.8 Å². The van der Waals surface area contributed by atoms with E-state index in [1.807, 2.05) is 37.3 Å². The highest BCUT2D eigenvalue weighted by molar-refractivity contribution is 5.94. The molecule has 0 fully saturated rings. The molecule has 0 spiro atoms. The summed E-state index contributed by atoms with van der Waals surface area (Å²) in [6, 6.07) is 12.5. The van der Waals surface area contributed by atoms with Crippen LogP contribution in [-0.2, 0) is 4.79 Å². The van der Waals surface area contributed by atoms with Crippen LogP contribution in [0, 0.1) is 0 Å². The maximum absolute atomic E-state index is 10.7. The largest absolute Gasteiger partial charge is 0.507 e. The van der Waals surface area contributed by atoms with Crippen molar-refractivity contribution in [3.63, 3.8) is 0 Å². The van der Waals surface area contributed by atoms with Gasteiger partial charge in [0.1, 0.15) is 11.3 Å². The second-order valence-electron chi connectivity index (χ2n) is 5.08. The number of rotatable bonds is 5. The molecule has 2 aromatic rings. The number of carbonyl (C=O) groups is 3. The number of aromatic carboxylic acids is 2. The molecule has 4 N–H and O–H groups in total. The molecule has 0 radical (unpaired) electrons. The molecule has 0 saturated heterocycles. The fourth-order valence-electron chi connectivity index (χ4n) is 1.91. The quantitative estimate of drug-likeness (QED) is 0.602. The number of carboxylic acids is 3. The van der Waals surface area contributed by atoms with Gasteiger partial charge in [0.25, 0.3) is 0 Å². The van der Waals surface area contributed by atoms with Crippen molar-refractivity contribution >= 4 is 24.0 Å². The van der Waals surface area contributed by atoms with E-state index in [-0.39, 0.29) is 11.1 Å². The Bertz CT molecular complexity index is 823. The van der Waals surface area contributed by atoms with Crippen molar-refractivity contribution in [2.24, 2.45) is 0 Å². The molecule has 0 aliphatic rings. The maximum Gasteiger partial charge on any atom is 0.339 e. The monoisotopic (exact) mass is 358 g/mol. The number of hydrogen-bond acceptors (Lipinski definition) is 4. The normalized spacial score (nSPS) is 10.4. The van der Waals surface area contributed by atoms with Gasteiger partial charge in [0.05, 0.1) is 5.56 Å². The van der Waals surface area contributed by atoms with E-state index in [2.05, 4.69) is 0 Å². The summed E-state index contributed by atoms with van der Waals surface area (Å²) in [5, 5.41) is 34.8. The second-order valence-corrected chi connectivity index (χ2v) is 5.08. The van der Waals surface area contributed by atoms with Crippen molar-refractivity contribution in [2.45, 2.75) is 13.3 Å². The van der Waals surface area contributed by atoms with Crippen molar-refractivity contribution in [1.82, 2.24) is 0 Å². The fourth-order valence-corrected chi connectivity index (χ4v) is 1.91. The highest BCUT2D eigenvalue weighted by atomic mass is 16.4. The summed E-state index contributed by atoms with van der Waals surface area (Å²) in [6.45, 7) is 1.84. The predicted octanol–water partition coefficient (Wildman–Crippen LogP) is 3.35. The Labute approximate surface area is 149 Å². The molecule has 0 heterocycles. The lowest BCUT2D eigenvalue weighted by Gasteiger charge is -1.99. The summed E-state index contributed by atoms with van der Waals surface area (Å²) in [7, 11) is 0. The lowest BCUT2D eigenvalue weighted by Crippen LogP contribution is -2.00. The van der Waals surface area contributed by atoms with Crippen LogP contribution in [0.1, 0.15) is 39.6 Å². The van der Waals surface area contributed by atoms with E-state index in [0.29, 0.717) is 12.0 Å². The number of benzene rings is 2. The van der Waals surface area contributed by atoms with E-state index in [9.17, 15) is 14.4 Å². The van der Waals surface area contributed by atoms with Crippen LogP contribution < -0.4 is 0 Å². The molecule has 0 amide bonds. The van der Waals surface area contributed by atoms with Crippen LogP contribution in [0.3, 0.4) is 0 Å². The first-order chi connectivity index (χ1) is 12.3. The van der Waals surface area contributed by atoms with Gasteiger partial charge in [0.15, 0.2) is 0 Å². The molecule has 136 valence electrons. The first-order valence-corrected chi connectivity index (χ1v) is 7.54. The summed E-state index contributed by atoms with van der Waals surface area (Å²) < 4.78 is 0. The number of hydrogen-bond donors (Lipinski definition) is 4. The van der Waals surface area contributed by atoms with Crippen molar-refractivity contribution in [3.8, 4) is 5.75 Å². The van der Waals surface area contributed by atoms with E-state index in [1.54, 1.807) is 6.08 Å². The third kappa shape index (κ3) is 6.12. The summed E-state index contributed by atoms with van der Waals surface area (Å²) in [5.74, 6) is -3.90. The fraction of sp³-hybridized carbons (Fsp3) is 0.105. The Morgan fingerprint density at radius 3 is 1.96 bits per heavy atom. The zero-order valence-corrected chi connectivity index (χ0v) is 13.9. The Balaban J connectivity index is 0.000000260. The SMILES string of the molecule is CCC(=Cc1ccccc1)C(=O)O.O=C(O)c1ccc(C(=O)O)c(O)c1. The molecular weight excluding hydrogens is 340 g/mol. The van der Waals surface area contributed by atoms with Crippen LogP contribution >= 0.6 is 0 Å². The van der Waals surface area contributed by atoms with Crippen LogP contribution in [0.25, 0.3) is 6.08 Å². The van der Waals surface area contributed by atoms with Crippen molar-refractivity contribution in [1.29, 1.82) is 0 Å². The average Bonchev–Trinajstić information content (AvgIpc) is 2.60. The highest BCUT2D eigenvalue weighted by Gasteiger charge is 2.12. The van der Waals surface area contributed by atoms with Crippen LogP contribution in [0.2, 0.25) is 0 Å². The minimum atomic E-state index is -1.30. The van der Waals surface area contributed by atoms with Gasteiger partial charge in [-0.15, -0.1) is 0 Å². The van der Waals surface area contributed by atoms with Crippen molar-refractivity contribution < 1.29 is 34.8 Å². The Kier molecular flexibility index (Phi) is 7.57. The van der Waals surface area contributed by atoms with Crippen LogP contribution in [0.5, 0.6) is 5.75 Å². The molecular formula is C19H18O7. The molecule has 0 saturated carbocycles. The van der Waals surface area contributed by atoms with Gasteiger partial charge in [-0.25, -0.2) is 14.4 Å². The van der Waals surface area contributed by atoms with Gasteiger partial charge in [0.2, 0.25) is 0 Å². The molecule has 7 heteroatoms. The van der Waals surface area contributed by atoms with Crippen LogP contribution in [-0.4, -0.2) is 38.3 Å². The Morgan fingerprint density at radius 2 is 1.54 bits per heavy atom. The molecule has 2 rings (SSSR count). The summed E-state index contributed by atoms with van der Waals surface area (Å²) in [4.78, 5) is 31.4. The number of carboxylic acid groups (broad SMARTS) is 3. The third-order valence-corrected chi connectivity index (χ3v) is 3.27. The zero-order chi connectivity index (χ0) is 19.7. The summed E-state index contributed by atoms with van der Waals surface area (Å²) >= 11 is 0. The molecule has 0 aromatic heterocycles. The lowest BCUT2D eigenvalue weighted by molar-refractivity contribution is -0.132. The minimum absolute atomic E-state index is 0.150. The van der Waals surface area contributed by atoms with Gasteiger partial charge >= 0.3 is 17.9 Å². The minimum Gasteiger partial charge on any atom is -0.507 e. The predicted molar refractivity (Wildman–Crippen MR) is 94.4 cm³/mol. The molecule has 0 aliphatic heterocycles. The van der Waals surface area contributed by atoms with Gasteiger partial charge in [0, 0.05) is 5.57 Å². The standard InChI is InChI=1S/C11H12O2.C8H6O5/c1-2-10(11(12)13)8-9-6-4-3-5-7-9;9-6-3-4(7(10)11)1-2-5(6)8(12)13/h3-8H,2H2,1H3,(H,12,13);1-3,9H,(H,10,11)(H,12,13). The van der Waals surface area contributed by atoms with E-state index in [0.717, 1.165) is 23.8 Å². The van der Waals surface area contributed by atoms with Crippen molar-refractivity contribution in [2.75, 3.05) is 0 Å². The first kappa shape index (κ1) is 20.4. The third-order valence-electron chi connectivity index (χ3n) is 3.27. The first-order valence-electron chi connectivity index (χ1n) is 7.54. The number of aromatic hydroxyl groups is 1. The number of aliphatic carboxylic acids is 1. The molecule has 0 bridgehead atoms. The van der Waals surface area contributed by atoms with E-state index in [1.165, 1.54) is 0 Å². The van der Waals surface area contributed by atoms with Gasteiger partial charge in [-0.05, 0) is 36.3 Å². The molecule has 0 aliphatic carbocycles. The Hall–Kier alpha value is -3.61. The molecule has 26 heavy (non-hydrogen) atoms. The lowest BCUT2D eigenvalue weighted by atomic mass is 10.1. The molecule has 0 unspecified atom stereocenters. The second kappa shape index (κ2) is 9.63. The summed E-state index contributed by atoms with van der Waals surface area (Å²) in [6.07, 6.45) is 2.24. The summed E-state index contributed by atoms with van der Waals surface area (Å²) in [5.41, 5.74) is 0.903. The van der Waals surface area contributed by atoms with Gasteiger partial charge in [-0.1, -0.05) is 37.3 Å². The van der Waals surface area contributed by atoms with Gasteiger partial charge in [-0.2, -0.15) is 0 Å². The maximum atomic E-state index is 10.7. The van der Waals surface area contributed by atoms with E-state index < -0.39 is 23.7 Å². The average molecular weight is 358 g/mol. The van der Waals surface area contributed by atoms with Gasteiger partial charge in [-0.3, -0.25) is 0 Å². The van der Waals surface area contributed by atoms with Crippen LogP contribution in [0.4, 0.5) is 0 Å². The smallest absolute Gasteiger partial charge is 0.339 e. The molecule has 7 nitrogen and oxygen atoms in total. The highest BCUT2D eigenvalue weighted by Crippen LogP contribution is 2.18. The number of phenols is 1. The molecule has 0 atom stereocenters.